The molecular weight excluding hydrogens is 214 g/mol. The van der Waals surface area contributed by atoms with Crippen LogP contribution in [-0.2, 0) is 4.79 Å². The maximum absolute atomic E-state index is 11.7. The highest BCUT2D eigenvalue weighted by molar-refractivity contribution is 5.80. The Morgan fingerprint density at radius 2 is 2.24 bits per heavy atom. The SMILES string of the molecule is C[C@H]1C=NC(NC(=O)CNC2CCCC2)=CC1. The molecule has 0 unspecified atom stereocenters. The minimum absolute atomic E-state index is 0.00912. The normalized spacial score (nSPS) is 24.8. The molecule has 1 amide bonds. The zero-order valence-corrected chi connectivity index (χ0v) is 10.4. The predicted octanol–water partition coefficient (Wildman–Crippen LogP) is 1.59. The molecule has 1 saturated carbocycles. The van der Waals surface area contributed by atoms with Gasteiger partial charge in [0.25, 0.3) is 0 Å². The topological polar surface area (TPSA) is 53.5 Å². The lowest BCUT2D eigenvalue weighted by molar-refractivity contribution is -0.119. The van der Waals surface area contributed by atoms with Crippen molar-refractivity contribution in [3.8, 4) is 0 Å². The molecule has 0 aromatic heterocycles. The van der Waals surface area contributed by atoms with E-state index in [1.165, 1.54) is 25.7 Å². The van der Waals surface area contributed by atoms with Crippen molar-refractivity contribution >= 4 is 12.1 Å². The van der Waals surface area contributed by atoms with Crippen molar-refractivity contribution in [2.24, 2.45) is 10.9 Å². The van der Waals surface area contributed by atoms with Gasteiger partial charge in [-0.15, -0.1) is 0 Å². The zero-order valence-electron chi connectivity index (χ0n) is 10.4. The number of nitrogens with zero attached hydrogens (tertiary/aromatic N) is 1. The van der Waals surface area contributed by atoms with Crippen molar-refractivity contribution in [1.29, 1.82) is 0 Å². The first-order valence-corrected chi connectivity index (χ1v) is 6.51. The van der Waals surface area contributed by atoms with E-state index >= 15 is 0 Å². The van der Waals surface area contributed by atoms with E-state index in [1.54, 1.807) is 0 Å². The maximum Gasteiger partial charge on any atom is 0.239 e. The minimum Gasteiger partial charge on any atom is -0.310 e. The number of amides is 1. The number of rotatable bonds is 4. The van der Waals surface area contributed by atoms with Crippen LogP contribution in [0.5, 0.6) is 0 Å². The molecule has 17 heavy (non-hydrogen) atoms. The maximum atomic E-state index is 11.7. The summed E-state index contributed by atoms with van der Waals surface area (Å²) in [6, 6.07) is 0.532. The first-order chi connectivity index (χ1) is 8.24. The number of aliphatic imine (C=N–C) groups is 1. The summed E-state index contributed by atoms with van der Waals surface area (Å²) in [5, 5.41) is 6.11. The zero-order chi connectivity index (χ0) is 12.1. The molecule has 1 heterocycles. The molecule has 94 valence electrons. The molecule has 0 radical (unpaired) electrons. The first kappa shape index (κ1) is 12.3. The van der Waals surface area contributed by atoms with Gasteiger partial charge in [0.2, 0.25) is 5.91 Å². The molecule has 4 nitrogen and oxygen atoms in total. The van der Waals surface area contributed by atoms with Crippen LogP contribution in [0.15, 0.2) is 16.9 Å². The second kappa shape index (κ2) is 5.96. The van der Waals surface area contributed by atoms with Crippen LogP contribution in [-0.4, -0.2) is 24.7 Å². The lowest BCUT2D eigenvalue weighted by Crippen LogP contribution is -2.37. The Morgan fingerprint density at radius 3 is 2.88 bits per heavy atom. The van der Waals surface area contributed by atoms with Gasteiger partial charge in [-0.2, -0.15) is 0 Å². The molecule has 2 N–H and O–H groups in total. The minimum atomic E-state index is 0.00912. The van der Waals surface area contributed by atoms with Crippen molar-refractivity contribution < 1.29 is 4.79 Å². The summed E-state index contributed by atoms with van der Waals surface area (Å²) in [6.07, 6.45) is 9.80. The van der Waals surface area contributed by atoms with Crippen LogP contribution >= 0.6 is 0 Å². The van der Waals surface area contributed by atoms with E-state index in [1.807, 2.05) is 12.3 Å². The largest absolute Gasteiger partial charge is 0.310 e. The molecule has 2 aliphatic rings. The Morgan fingerprint density at radius 1 is 1.47 bits per heavy atom. The van der Waals surface area contributed by atoms with Gasteiger partial charge in [-0.1, -0.05) is 19.8 Å². The Bertz CT molecular complexity index is 330. The molecule has 1 atom stereocenters. The molecule has 0 saturated heterocycles. The van der Waals surface area contributed by atoms with Gasteiger partial charge in [0, 0.05) is 12.3 Å². The molecule has 1 aliphatic heterocycles. The highest BCUT2D eigenvalue weighted by Crippen LogP contribution is 2.17. The van der Waals surface area contributed by atoms with Crippen molar-refractivity contribution in [1.82, 2.24) is 10.6 Å². The number of carbonyl (C=O) groups excluding carboxylic acids is 1. The molecular formula is C13H21N3O. The lowest BCUT2D eigenvalue weighted by atomic mass is 10.1. The quantitative estimate of drug-likeness (QED) is 0.777. The average Bonchev–Trinajstić information content (AvgIpc) is 2.83. The van der Waals surface area contributed by atoms with Crippen molar-refractivity contribution in [2.45, 2.75) is 45.1 Å². The van der Waals surface area contributed by atoms with E-state index < -0.39 is 0 Å². The Labute approximate surface area is 103 Å². The molecule has 1 fully saturated rings. The molecule has 0 aromatic rings. The van der Waals surface area contributed by atoms with Gasteiger partial charge in [0.1, 0.15) is 5.82 Å². The highest BCUT2D eigenvalue weighted by Gasteiger charge is 2.15. The van der Waals surface area contributed by atoms with Crippen molar-refractivity contribution in [2.75, 3.05) is 6.54 Å². The van der Waals surface area contributed by atoms with Crippen LogP contribution in [0.1, 0.15) is 39.0 Å². The van der Waals surface area contributed by atoms with Crippen LogP contribution in [0.3, 0.4) is 0 Å². The molecule has 0 aromatic carbocycles. The molecule has 0 bridgehead atoms. The standard InChI is InChI=1S/C13H21N3O/c1-10-6-7-12(15-8-10)16-13(17)9-14-11-4-2-3-5-11/h7-8,10-11,14H,2-6,9H2,1H3,(H,16,17)/t10-/m1/s1. The summed E-state index contributed by atoms with van der Waals surface area (Å²) in [4.78, 5) is 15.9. The highest BCUT2D eigenvalue weighted by atomic mass is 16.2. The number of carbonyl (C=O) groups is 1. The lowest BCUT2D eigenvalue weighted by Gasteiger charge is -2.14. The van der Waals surface area contributed by atoms with E-state index in [-0.39, 0.29) is 5.91 Å². The van der Waals surface area contributed by atoms with E-state index in [0.29, 0.717) is 24.3 Å². The van der Waals surface area contributed by atoms with Crippen LogP contribution < -0.4 is 10.6 Å². The molecule has 2 rings (SSSR count). The van der Waals surface area contributed by atoms with E-state index in [0.717, 1.165) is 6.42 Å². The second-order valence-electron chi connectivity index (χ2n) is 4.99. The summed E-state index contributed by atoms with van der Waals surface area (Å²) in [6.45, 7) is 2.51. The molecule has 0 spiro atoms. The first-order valence-electron chi connectivity index (χ1n) is 6.51. The third kappa shape index (κ3) is 3.97. The second-order valence-corrected chi connectivity index (χ2v) is 4.99. The number of nitrogens with one attached hydrogen (secondary N) is 2. The van der Waals surface area contributed by atoms with E-state index in [2.05, 4.69) is 22.5 Å². The summed E-state index contributed by atoms with van der Waals surface area (Å²) in [5.41, 5.74) is 0. The van der Waals surface area contributed by atoms with Crippen molar-refractivity contribution in [3.05, 3.63) is 11.9 Å². The smallest absolute Gasteiger partial charge is 0.239 e. The molecule has 1 aliphatic carbocycles. The summed E-state index contributed by atoms with van der Waals surface area (Å²) in [5.74, 6) is 1.18. The fourth-order valence-electron chi connectivity index (χ4n) is 2.26. The van der Waals surface area contributed by atoms with Crippen LogP contribution in [0.25, 0.3) is 0 Å². The van der Waals surface area contributed by atoms with Gasteiger partial charge in [0.05, 0.1) is 6.54 Å². The Hall–Kier alpha value is -1.16. The van der Waals surface area contributed by atoms with Gasteiger partial charge in [-0.3, -0.25) is 4.79 Å². The van der Waals surface area contributed by atoms with Crippen molar-refractivity contribution in [3.63, 3.8) is 0 Å². The van der Waals surface area contributed by atoms with Gasteiger partial charge in [0.15, 0.2) is 0 Å². The third-order valence-corrected chi connectivity index (χ3v) is 3.33. The fraction of sp³-hybridized carbons (Fsp3) is 0.692. The number of hydrogen-bond donors (Lipinski definition) is 2. The Balaban J connectivity index is 1.68. The summed E-state index contributed by atoms with van der Waals surface area (Å²) in [7, 11) is 0. The Kier molecular flexibility index (Phi) is 4.31. The van der Waals surface area contributed by atoms with Crippen LogP contribution in [0.2, 0.25) is 0 Å². The number of hydrogen-bond acceptors (Lipinski definition) is 3. The van der Waals surface area contributed by atoms with Crippen LogP contribution in [0, 0.1) is 5.92 Å². The van der Waals surface area contributed by atoms with Gasteiger partial charge in [-0.05, 0) is 31.3 Å². The van der Waals surface area contributed by atoms with Gasteiger partial charge in [-0.25, -0.2) is 4.99 Å². The fourth-order valence-corrected chi connectivity index (χ4v) is 2.26. The van der Waals surface area contributed by atoms with E-state index in [9.17, 15) is 4.79 Å². The van der Waals surface area contributed by atoms with E-state index in [4.69, 9.17) is 0 Å². The monoisotopic (exact) mass is 235 g/mol. The van der Waals surface area contributed by atoms with Crippen LogP contribution in [0.4, 0.5) is 0 Å². The predicted molar refractivity (Wildman–Crippen MR) is 68.8 cm³/mol. The third-order valence-electron chi connectivity index (χ3n) is 3.33. The van der Waals surface area contributed by atoms with Gasteiger partial charge < -0.3 is 10.6 Å². The van der Waals surface area contributed by atoms with Gasteiger partial charge >= 0.3 is 0 Å². The number of allylic oxidation sites excluding steroid dienone is 1. The average molecular weight is 235 g/mol. The molecule has 4 heteroatoms. The summed E-state index contributed by atoms with van der Waals surface area (Å²) < 4.78 is 0. The summed E-state index contributed by atoms with van der Waals surface area (Å²) >= 11 is 0.